The van der Waals surface area contributed by atoms with E-state index < -0.39 is 0 Å². The Morgan fingerprint density at radius 1 is 1.11 bits per heavy atom. The Kier molecular flexibility index (Phi) is 3.79. The van der Waals surface area contributed by atoms with Gasteiger partial charge in [-0.3, -0.25) is 0 Å². The molecule has 0 radical (unpaired) electrons. The van der Waals surface area contributed by atoms with E-state index in [1.54, 1.807) is 0 Å². The predicted octanol–water partition coefficient (Wildman–Crippen LogP) is 2.82. The van der Waals surface area contributed by atoms with Gasteiger partial charge in [0.15, 0.2) is 0 Å². The lowest BCUT2D eigenvalue weighted by atomic mass is 9.73. The molecule has 1 aliphatic heterocycles. The van der Waals surface area contributed by atoms with Crippen molar-refractivity contribution in [2.45, 2.75) is 82.6 Å². The molecule has 2 rings (SSSR count). The molecule has 1 N–H and O–H groups in total. The van der Waals surface area contributed by atoms with Crippen LogP contribution in [0.3, 0.4) is 0 Å². The van der Waals surface area contributed by atoms with Crippen LogP contribution in [0.5, 0.6) is 0 Å². The first kappa shape index (κ1) is 15.3. The Balaban J connectivity index is 2.25. The van der Waals surface area contributed by atoms with Crippen LogP contribution in [0, 0.1) is 5.92 Å². The maximum Gasteiger partial charge on any atom is 0.0780 e. The molecule has 0 aromatic carbocycles. The summed E-state index contributed by atoms with van der Waals surface area (Å²) in [6, 6.07) is 0. The standard InChI is InChI=1S/C16H31NO2/c1-14(2)11-12(15(3,4)19-14)13(18)16(17(5)6)9-7-8-10-16/h12-13,18H,7-11H2,1-6H3. The van der Waals surface area contributed by atoms with Gasteiger partial charge in [-0.1, -0.05) is 12.8 Å². The third-order valence-corrected chi connectivity index (χ3v) is 5.44. The average molecular weight is 269 g/mol. The third-order valence-electron chi connectivity index (χ3n) is 5.44. The Hall–Kier alpha value is -0.120. The Morgan fingerprint density at radius 2 is 1.63 bits per heavy atom. The maximum atomic E-state index is 11.1. The SMILES string of the molecule is CN(C)C1(C(O)C2CC(C)(C)OC2(C)C)CCCC1. The molecule has 1 saturated carbocycles. The minimum Gasteiger partial charge on any atom is -0.391 e. The van der Waals surface area contributed by atoms with Crippen LogP contribution in [-0.2, 0) is 4.74 Å². The lowest BCUT2D eigenvalue weighted by molar-refractivity contribution is -0.110. The van der Waals surface area contributed by atoms with Crippen molar-refractivity contribution in [2.24, 2.45) is 5.92 Å². The molecule has 1 aliphatic carbocycles. The van der Waals surface area contributed by atoms with Crippen molar-refractivity contribution in [2.75, 3.05) is 14.1 Å². The Labute approximate surface area is 118 Å². The summed E-state index contributed by atoms with van der Waals surface area (Å²) in [5, 5.41) is 11.1. The topological polar surface area (TPSA) is 32.7 Å². The van der Waals surface area contributed by atoms with Gasteiger partial charge in [0.2, 0.25) is 0 Å². The van der Waals surface area contributed by atoms with Crippen LogP contribution in [0.2, 0.25) is 0 Å². The molecule has 2 atom stereocenters. The van der Waals surface area contributed by atoms with E-state index >= 15 is 0 Å². The molecule has 19 heavy (non-hydrogen) atoms. The maximum absolute atomic E-state index is 11.1. The first-order chi connectivity index (χ1) is 8.61. The number of ether oxygens (including phenoxy) is 1. The fourth-order valence-electron chi connectivity index (χ4n) is 4.47. The summed E-state index contributed by atoms with van der Waals surface area (Å²) in [7, 11) is 4.23. The minimum absolute atomic E-state index is 0.0499. The van der Waals surface area contributed by atoms with Gasteiger partial charge < -0.3 is 14.7 Å². The normalized spacial score (nSPS) is 33.8. The summed E-state index contributed by atoms with van der Waals surface area (Å²) in [5.74, 6) is 0.211. The molecule has 112 valence electrons. The summed E-state index contributed by atoms with van der Waals surface area (Å²) in [6.45, 7) is 8.54. The van der Waals surface area contributed by atoms with E-state index in [0.717, 1.165) is 19.3 Å². The molecule has 0 amide bonds. The molecular weight excluding hydrogens is 238 g/mol. The number of aliphatic hydroxyl groups is 1. The quantitative estimate of drug-likeness (QED) is 0.855. The number of aliphatic hydroxyl groups excluding tert-OH is 1. The van der Waals surface area contributed by atoms with Gasteiger partial charge in [-0.15, -0.1) is 0 Å². The van der Waals surface area contributed by atoms with Crippen molar-refractivity contribution in [3.8, 4) is 0 Å². The van der Waals surface area contributed by atoms with Crippen molar-refractivity contribution in [1.82, 2.24) is 4.90 Å². The van der Waals surface area contributed by atoms with Crippen LogP contribution in [0.25, 0.3) is 0 Å². The number of hydrogen-bond acceptors (Lipinski definition) is 3. The first-order valence-corrected chi connectivity index (χ1v) is 7.66. The highest BCUT2D eigenvalue weighted by Gasteiger charge is 2.55. The van der Waals surface area contributed by atoms with Crippen molar-refractivity contribution in [3.05, 3.63) is 0 Å². The predicted molar refractivity (Wildman–Crippen MR) is 78.2 cm³/mol. The fourth-order valence-corrected chi connectivity index (χ4v) is 4.47. The van der Waals surface area contributed by atoms with E-state index in [1.165, 1.54) is 12.8 Å². The third kappa shape index (κ3) is 2.57. The second-order valence-electron chi connectivity index (χ2n) is 7.93. The Bertz CT molecular complexity index is 330. The van der Waals surface area contributed by atoms with Gasteiger partial charge in [-0.25, -0.2) is 0 Å². The van der Waals surface area contributed by atoms with E-state index in [0.29, 0.717) is 0 Å². The second kappa shape index (κ2) is 4.71. The van der Waals surface area contributed by atoms with E-state index in [2.05, 4.69) is 46.7 Å². The summed E-state index contributed by atoms with van der Waals surface area (Å²) in [4.78, 5) is 2.26. The molecule has 3 heteroatoms. The van der Waals surface area contributed by atoms with Crippen LogP contribution < -0.4 is 0 Å². The summed E-state index contributed by atoms with van der Waals surface area (Å²) in [5.41, 5.74) is -0.415. The van der Waals surface area contributed by atoms with Crippen molar-refractivity contribution in [1.29, 1.82) is 0 Å². The first-order valence-electron chi connectivity index (χ1n) is 7.66. The Morgan fingerprint density at radius 3 is 2.00 bits per heavy atom. The highest BCUT2D eigenvalue weighted by molar-refractivity contribution is 5.07. The molecule has 1 saturated heterocycles. The fraction of sp³-hybridized carbons (Fsp3) is 1.00. The van der Waals surface area contributed by atoms with Crippen LogP contribution in [-0.4, -0.2) is 46.9 Å². The van der Waals surface area contributed by atoms with Gasteiger partial charge >= 0.3 is 0 Å². The molecular formula is C16H31NO2. The second-order valence-corrected chi connectivity index (χ2v) is 7.93. The van der Waals surface area contributed by atoms with Crippen LogP contribution in [0.15, 0.2) is 0 Å². The zero-order chi connectivity index (χ0) is 14.5. The van der Waals surface area contributed by atoms with E-state index in [1.807, 2.05) is 0 Å². The minimum atomic E-state index is -0.304. The van der Waals surface area contributed by atoms with Crippen molar-refractivity contribution < 1.29 is 9.84 Å². The number of hydrogen-bond donors (Lipinski definition) is 1. The molecule has 1 heterocycles. The highest BCUT2D eigenvalue weighted by atomic mass is 16.5. The van der Waals surface area contributed by atoms with Crippen LogP contribution in [0.4, 0.5) is 0 Å². The molecule has 0 bridgehead atoms. The van der Waals surface area contributed by atoms with Gasteiger partial charge in [0, 0.05) is 11.5 Å². The zero-order valence-electron chi connectivity index (χ0n) is 13.5. The molecule has 2 fully saturated rings. The van der Waals surface area contributed by atoms with Crippen LogP contribution >= 0.6 is 0 Å². The van der Waals surface area contributed by atoms with Gasteiger partial charge in [0.25, 0.3) is 0 Å². The van der Waals surface area contributed by atoms with Gasteiger partial charge in [-0.05, 0) is 61.1 Å². The van der Waals surface area contributed by atoms with Crippen molar-refractivity contribution in [3.63, 3.8) is 0 Å². The molecule has 0 aromatic heterocycles. The molecule has 3 nitrogen and oxygen atoms in total. The smallest absolute Gasteiger partial charge is 0.0780 e. The van der Waals surface area contributed by atoms with Gasteiger partial charge in [0.1, 0.15) is 0 Å². The molecule has 0 aromatic rings. The van der Waals surface area contributed by atoms with Crippen molar-refractivity contribution >= 4 is 0 Å². The highest BCUT2D eigenvalue weighted by Crippen LogP contribution is 2.49. The largest absolute Gasteiger partial charge is 0.391 e. The lowest BCUT2D eigenvalue weighted by Gasteiger charge is -2.45. The summed E-state index contributed by atoms with van der Waals surface area (Å²) < 4.78 is 6.18. The van der Waals surface area contributed by atoms with Gasteiger partial charge in [-0.2, -0.15) is 0 Å². The monoisotopic (exact) mass is 269 g/mol. The number of nitrogens with zero attached hydrogens (tertiary/aromatic N) is 1. The molecule has 2 unspecified atom stereocenters. The van der Waals surface area contributed by atoms with Gasteiger partial charge in [0.05, 0.1) is 17.3 Å². The molecule has 0 spiro atoms. The summed E-state index contributed by atoms with van der Waals surface area (Å²) in [6.07, 6.45) is 5.31. The number of rotatable bonds is 3. The average Bonchev–Trinajstić information content (AvgIpc) is 2.80. The van der Waals surface area contributed by atoms with E-state index in [4.69, 9.17) is 4.74 Å². The summed E-state index contributed by atoms with van der Waals surface area (Å²) >= 11 is 0. The zero-order valence-corrected chi connectivity index (χ0v) is 13.5. The van der Waals surface area contributed by atoms with E-state index in [9.17, 15) is 5.11 Å². The molecule has 2 aliphatic rings. The van der Waals surface area contributed by atoms with E-state index in [-0.39, 0.29) is 28.8 Å². The lowest BCUT2D eigenvalue weighted by Crippen LogP contribution is -2.57. The number of likely N-dealkylation sites (N-methyl/N-ethyl adjacent to an activating group) is 1. The van der Waals surface area contributed by atoms with Crippen LogP contribution in [0.1, 0.15) is 59.8 Å².